The van der Waals surface area contributed by atoms with Gasteiger partial charge in [-0.3, -0.25) is 9.69 Å². The number of nitrogens with zero attached hydrogens (tertiary/aromatic N) is 1. The van der Waals surface area contributed by atoms with Crippen molar-refractivity contribution in [2.24, 2.45) is 0 Å². The van der Waals surface area contributed by atoms with Crippen LogP contribution in [-0.4, -0.2) is 40.3 Å². The quantitative estimate of drug-likeness (QED) is 0.868. The molecular weight excluding hydrogens is 254 g/mol. The number of hydrogen-bond donors (Lipinski definition) is 2. The molecule has 1 fully saturated rings. The number of β-amino-alcohol motifs (C(OH)–C–C–N with tert-alkyl or cyclic N) is 1. The van der Waals surface area contributed by atoms with Gasteiger partial charge in [0.05, 0.1) is 12.5 Å². The number of hydrogen-bond acceptors (Lipinski definition) is 3. The Labute approximate surface area is 120 Å². The summed E-state index contributed by atoms with van der Waals surface area (Å²) in [6, 6.07) is 10.6. The monoisotopic (exact) mass is 277 g/mol. The molecule has 1 saturated heterocycles. The maximum atomic E-state index is 10.7. The van der Waals surface area contributed by atoms with E-state index in [2.05, 4.69) is 17.0 Å². The first kappa shape index (κ1) is 15.0. The molecule has 1 aromatic rings. The second-order valence-electron chi connectivity index (χ2n) is 5.52. The summed E-state index contributed by atoms with van der Waals surface area (Å²) in [5.41, 5.74) is 1.26. The van der Waals surface area contributed by atoms with E-state index in [0.717, 1.165) is 19.4 Å². The molecule has 1 aromatic carbocycles. The number of carboxylic acid groups (broad SMARTS) is 1. The average molecular weight is 277 g/mol. The first-order valence-electron chi connectivity index (χ1n) is 7.35. The Morgan fingerprint density at radius 2 is 2.00 bits per heavy atom. The lowest BCUT2D eigenvalue weighted by molar-refractivity contribution is -0.139. The van der Waals surface area contributed by atoms with Crippen LogP contribution < -0.4 is 0 Å². The van der Waals surface area contributed by atoms with Crippen molar-refractivity contribution in [3.63, 3.8) is 0 Å². The van der Waals surface area contributed by atoms with Crippen LogP contribution in [0.4, 0.5) is 0 Å². The van der Waals surface area contributed by atoms with Gasteiger partial charge in [0.25, 0.3) is 0 Å². The molecule has 0 aliphatic carbocycles. The largest absolute Gasteiger partial charge is 0.481 e. The smallest absolute Gasteiger partial charge is 0.306 e. The molecule has 4 heteroatoms. The van der Waals surface area contributed by atoms with Crippen molar-refractivity contribution in [1.29, 1.82) is 0 Å². The maximum absolute atomic E-state index is 10.7. The van der Waals surface area contributed by atoms with Crippen LogP contribution in [0.25, 0.3) is 0 Å². The predicted molar refractivity (Wildman–Crippen MR) is 77.5 cm³/mol. The fourth-order valence-corrected chi connectivity index (χ4v) is 2.98. The van der Waals surface area contributed by atoms with E-state index < -0.39 is 12.1 Å². The van der Waals surface area contributed by atoms with E-state index in [0.29, 0.717) is 12.6 Å². The summed E-state index contributed by atoms with van der Waals surface area (Å²) >= 11 is 0. The molecule has 2 unspecified atom stereocenters. The van der Waals surface area contributed by atoms with Crippen molar-refractivity contribution >= 4 is 5.97 Å². The van der Waals surface area contributed by atoms with Crippen LogP contribution in [0.1, 0.15) is 43.7 Å². The topological polar surface area (TPSA) is 60.8 Å². The van der Waals surface area contributed by atoms with E-state index in [1.165, 1.54) is 18.4 Å². The number of aliphatic carboxylic acids is 1. The molecule has 0 radical (unpaired) electrons. The fourth-order valence-electron chi connectivity index (χ4n) is 2.98. The number of aliphatic hydroxyl groups excluding tert-OH is 1. The highest BCUT2D eigenvalue weighted by molar-refractivity contribution is 5.67. The molecule has 20 heavy (non-hydrogen) atoms. The summed E-state index contributed by atoms with van der Waals surface area (Å²) in [5, 5.41) is 18.7. The number of likely N-dealkylation sites (tertiary alicyclic amines) is 1. The van der Waals surface area contributed by atoms with Gasteiger partial charge in [-0.1, -0.05) is 43.2 Å². The Morgan fingerprint density at radius 1 is 1.25 bits per heavy atom. The minimum absolute atomic E-state index is 0.183. The Bertz CT molecular complexity index is 421. The van der Waals surface area contributed by atoms with Crippen LogP contribution in [0, 0.1) is 0 Å². The summed E-state index contributed by atoms with van der Waals surface area (Å²) < 4.78 is 0. The lowest BCUT2D eigenvalue weighted by Gasteiger charge is -2.31. The summed E-state index contributed by atoms with van der Waals surface area (Å²) in [6.45, 7) is 1.36. The third kappa shape index (κ3) is 4.32. The number of benzene rings is 1. The molecule has 0 amide bonds. The van der Waals surface area contributed by atoms with Gasteiger partial charge in [-0.15, -0.1) is 0 Å². The van der Waals surface area contributed by atoms with Gasteiger partial charge in [0, 0.05) is 12.6 Å². The molecule has 2 N–H and O–H groups in total. The number of rotatable bonds is 5. The Kier molecular flexibility index (Phi) is 5.56. The second-order valence-corrected chi connectivity index (χ2v) is 5.52. The van der Waals surface area contributed by atoms with Crippen LogP contribution in [0.15, 0.2) is 30.3 Å². The van der Waals surface area contributed by atoms with E-state index in [1.807, 2.05) is 18.2 Å². The van der Waals surface area contributed by atoms with Crippen LogP contribution in [0.2, 0.25) is 0 Å². The summed E-state index contributed by atoms with van der Waals surface area (Å²) in [6.07, 6.45) is 3.60. The van der Waals surface area contributed by atoms with Crippen LogP contribution in [-0.2, 0) is 4.79 Å². The van der Waals surface area contributed by atoms with Crippen LogP contribution in [0.3, 0.4) is 0 Å². The van der Waals surface area contributed by atoms with Crippen molar-refractivity contribution in [2.45, 2.75) is 44.2 Å². The molecule has 1 aliphatic rings. The van der Waals surface area contributed by atoms with Crippen molar-refractivity contribution in [3.8, 4) is 0 Å². The Hall–Kier alpha value is -1.39. The Balaban J connectivity index is 2.07. The van der Waals surface area contributed by atoms with Gasteiger partial charge in [0.15, 0.2) is 0 Å². The van der Waals surface area contributed by atoms with Gasteiger partial charge in [-0.25, -0.2) is 0 Å². The molecule has 1 aliphatic heterocycles. The highest BCUT2D eigenvalue weighted by Crippen LogP contribution is 2.30. The van der Waals surface area contributed by atoms with E-state index in [9.17, 15) is 9.90 Å². The molecule has 2 atom stereocenters. The minimum atomic E-state index is -0.941. The van der Waals surface area contributed by atoms with Gasteiger partial charge in [-0.05, 0) is 24.9 Å². The number of carboxylic acids is 1. The van der Waals surface area contributed by atoms with E-state index >= 15 is 0 Å². The van der Waals surface area contributed by atoms with Crippen molar-refractivity contribution < 1.29 is 15.0 Å². The van der Waals surface area contributed by atoms with Gasteiger partial charge >= 0.3 is 5.97 Å². The van der Waals surface area contributed by atoms with E-state index in [-0.39, 0.29) is 6.42 Å². The van der Waals surface area contributed by atoms with Gasteiger partial charge in [-0.2, -0.15) is 0 Å². The molecule has 0 bridgehead atoms. The van der Waals surface area contributed by atoms with Crippen molar-refractivity contribution in [2.75, 3.05) is 13.1 Å². The zero-order valence-corrected chi connectivity index (χ0v) is 11.7. The normalized spacial score (nSPS) is 22.1. The highest BCUT2D eigenvalue weighted by atomic mass is 16.4. The first-order chi connectivity index (χ1) is 9.66. The van der Waals surface area contributed by atoms with Gasteiger partial charge in [0.2, 0.25) is 0 Å². The molecule has 2 rings (SSSR count). The lowest BCUT2D eigenvalue weighted by atomic mass is 10.0. The second kappa shape index (κ2) is 7.41. The number of aliphatic hydroxyl groups is 1. The maximum Gasteiger partial charge on any atom is 0.306 e. The summed E-state index contributed by atoms with van der Waals surface area (Å²) in [5.74, 6) is -0.941. The van der Waals surface area contributed by atoms with Crippen LogP contribution >= 0.6 is 0 Å². The highest BCUT2D eigenvalue weighted by Gasteiger charge is 2.25. The van der Waals surface area contributed by atoms with Crippen LogP contribution in [0.5, 0.6) is 0 Å². The molecule has 4 nitrogen and oxygen atoms in total. The average Bonchev–Trinajstić information content (AvgIpc) is 2.64. The molecular formula is C16H23NO3. The summed E-state index contributed by atoms with van der Waals surface area (Å²) in [4.78, 5) is 12.9. The standard InChI is InChI=1S/C16H23NO3/c18-14(11-16(19)20)12-17-10-6-2-5-9-15(17)13-7-3-1-4-8-13/h1,3-4,7-8,14-15,18H,2,5-6,9-12H2,(H,19,20). The van der Waals surface area contributed by atoms with Gasteiger partial charge < -0.3 is 10.2 Å². The first-order valence-corrected chi connectivity index (χ1v) is 7.35. The zero-order chi connectivity index (χ0) is 14.4. The third-order valence-corrected chi connectivity index (χ3v) is 3.90. The number of carbonyl (C=O) groups is 1. The van der Waals surface area contributed by atoms with E-state index in [4.69, 9.17) is 5.11 Å². The molecule has 0 spiro atoms. The molecule has 1 heterocycles. The van der Waals surface area contributed by atoms with Crippen molar-refractivity contribution in [1.82, 2.24) is 4.90 Å². The predicted octanol–water partition coefficient (Wildman–Crippen LogP) is 2.44. The fraction of sp³-hybridized carbons (Fsp3) is 0.562. The van der Waals surface area contributed by atoms with Crippen molar-refractivity contribution in [3.05, 3.63) is 35.9 Å². The molecule has 0 aromatic heterocycles. The SMILES string of the molecule is O=C(O)CC(O)CN1CCCCCC1c1ccccc1. The molecule has 0 saturated carbocycles. The summed E-state index contributed by atoms with van der Waals surface area (Å²) in [7, 11) is 0. The zero-order valence-electron chi connectivity index (χ0n) is 11.7. The minimum Gasteiger partial charge on any atom is -0.481 e. The lowest BCUT2D eigenvalue weighted by Crippen LogP contribution is -2.36. The third-order valence-electron chi connectivity index (χ3n) is 3.90. The molecule has 110 valence electrons. The van der Waals surface area contributed by atoms with E-state index in [1.54, 1.807) is 0 Å². The Morgan fingerprint density at radius 3 is 2.70 bits per heavy atom. The van der Waals surface area contributed by atoms with Gasteiger partial charge in [0.1, 0.15) is 0 Å².